The fraction of sp³-hybridized carbons (Fsp3) is 0.409. The van der Waals surface area contributed by atoms with E-state index in [2.05, 4.69) is 24.6 Å². The third-order valence-electron chi connectivity index (χ3n) is 6.50. The molecule has 192 valence electrons. The van der Waals surface area contributed by atoms with Gasteiger partial charge in [0.1, 0.15) is 45.7 Å². The molecule has 1 amide bonds. The average Bonchev–Trinajstić information content (AvgIpc) is 2.80. The van der Waals surface area contributed by atoms with E-state index in [1.165, 1.54) is 32.9 Å². The maximum Gasteiger partial charge on any atom is 0.337 e. The van der Waals surface area contributed by atoms with Crippen molar-refractivity contribution in [3.63, 3.8) is 0 Å². The number of carbonyl (C=O) groups is 2. The number of nitrogens with one attached hydrogen (secondary N) is 1. The number of anilines is 1. The summed E-state index contributed by atoms with van der Waals surface area (Å²) in [6, 6.07) is 4.47. The number of alkyl halides is 2. The predicted octanol–water partition coefficient (Wildman–Crippen LogP) is 2.81. The number of nitrogens with zero attached hydrogens (tertiary/aromatic N) is 4. The van der Waals surface area contributed by atoms with E-state index >= 15 is 4.39 Å². The Labute approximate surface area is 204 Å². The molecule has 0 radical (unpaired) electrons. The van der Waals surface area contributed by atoms with Gasteiger partial charge in [0, 0.05) is 12.6 Å². The third-order valence-corrected chi connectivity index (χ3v) is 10.1. The van der Waals surface area contributed by atoms with Gasteiger partial charge < -0.3 is 16.2 Å². The average molecular weight is 525 g/mol. The van der Waals surface area contributed by atoms with Crippen LogP contribution in [0, 0.1) is 5.82 Å². The molecule has 3 atom stereocenters. The maximum atomic E-state index is 15.1. The molecule has 14 heteroatoms. The summed E-state index contributed by atoms with van der Waals surface area (Å²) in [6.07, 6.45) is 0.121. The van der Waals surface area contributed by atoms with Crippen LogP contribution in [0.5, 0.6) is 0 Å². The first-order valence-corrected chi connectivity index (χ1v) is 12.3. The van der Waals surface area contributed by atoms with Crippen molar-refractivity contribution in [3.8, 4) is 0 Å². The molecule has 2 aromatic rings. The molecule has 0 aliphatic carbocycles. The normalized spacial score (nSPS) is 28.3. The highest BCUT2D eigenvalue weighted by molar-refractivity contribution is 7.96. The molecule has 4 N–H and O–H groups in total. The van der Waals surface area contributed by atoms with Crippen molar-refractivity contribution in [2.45, 2.75) is 48.7 Å². The maximum absolute atomic E-state index is 15.1. The number of aromatic carboxylic acids is 1. The van der Waals surface area contributed by atoms with Crippen LogP contribution >= 0.6 is 0 Å². The second-order valence-corrected chi connectivity index (χ2v) is 12.3. The second-order valence-electron chi connectivity index (χ2n) is 9.28. The number of carbonyl (C=O) groups excluding carboxylic acids is 1. The summed E-state index contributed by atoms with van der Waals surface area (Å²) in [4.78, 5) is 35.8. The molecule has 2 aromatic heterocycles. The van der Waals surface area contributed by atoms with Crippen molar-refractivity contribution in [2.75, 3.05) is 11.9 Å². The van der Waals surface area contributed by atoms with Gasteiger partial charge >= 0.3 is 5.97 Å². The Balaban J connectivity index is 1.77. The lowest BCUT2D eigenvalue weighted by Crippen LogP contribution is -2.62. The molecule has 0 spiro atoms. The number of halogens is 3. The Hall–Kier alpha value is -3.55. The number of pyridine rings is 2. The van der Waals surface area contributed by atoms with Gasteiger partial charge in [-0.3, -0.25) is 14.8 Å². The van der Waals surface area contributed by atoms with Gasteiger partial charge in [-0.2, -0.15) is 0 Å². The van der Waals surface area contributed by atoms with Gasteiger partial charge in [0.2, 0.25) is 0 Å². The number of fused-ring (bicyclic) bond motifs is 1. The van der Waals surface area contributed by atoms with Crippen LogP contribution in [0.4, 0.5) is 19.0 Å². The summed E-state index contributed by atoms with van der Waals surface area (Å²) >= 11 is 0. The van der Waals surface area contributed by atoms with Crippen LogP contribution in [-0.2, 0) is 15.3 Å². The number of hydrogen-bond acceptors (Lipinski definition) is 8. The first kappa shape index (κ1) is 25.5. The molecular weight excluding hydrogens is 501 g/mol. The lowest BCUT2D eigenvalue weighted by atomic mass is 9.88. The molecule has 2 aliphatic heterocycles. The minimum Gasteiger partial charge on any atom is -0.478 e. The van der Waals surface area contributed by atoms with E-state index in [1.54, 1.807) is 0 Å². The molecule has 0 saturated carbocycles. The Morgan fingerprint density at radius 2 is 1.89 bits per heavy atom. The van der Waals surface area contributed by atoms with Crippen molar-refractivity contribution in [3.05, 3.63) is 53.2 Å². The van der Waals surface area contributed by atoms with Gasteiger partial charge in [0.25, 0.3) is 11.8 Å². The van der Waals surface area contributed by atoms with Crippen LogP contribution < -0.4 is 11.1 Å². The number of rotatable bonds is 4. The van der Waals surface area contributed by atoms with Crippen LogP contribution in [0.2, 0.25) is 0 Å². The molecule has 10 nitrogen and oxygen atoms in total. The van der Waals surface area contributed by atoms with Crippen LogP contribution in [0.1, 0.15) is 53.7 Å². The number of carboxylic acid groups (broad SMARTS) is 1. The Morgan fingerprint density at radius 3 is 2.50 bits per heavy atom. The first-order valence-electron chi connectivity index (χ1n) is 10.7. The van der Waals surface area contributed by atoms with Gasteiger partial charge in [-0.15, -0.1) is 0 Å². The number of amides is 1. The predicted molar refractivity (Wildman–Crippen MR) is 125 cm³/mol. The highest BCUT2D eigenvalue weighted by Crippen LogP contribution is 2.49. The van der Waals surface area contributed by atoms with Crippen molar-refractivity contribution in [2.24, 2.45) is 15.1 Å². The minimum atomic E-state index is -3.46. The molecule has 2 aliphatic rings. The van der Waals surface area contributed by atoms with E-state index in [9.17, 15) is 22.6 Å². The smallest absolute Gasteiger partial charge is 0.337 e. The standard InChI is InChI=1S/C22H23F3N6O4S/c1-20(2)19(26)31-21(3,14-8-22(24,25)10-28-36(14,20)35)16-12(23)5-7-15(29-16)30-17(32)13-6-4-11(9-27-13)18(33)34/h4-7,9,14H,8,10H2,1-3H3,(H2,26,31)(H,33,34)(H,29,30,32)/t14-,21+,36-/m1/s1. The monoisotopic (exact) mass is 524 g/mol. The number of hydrogen-bond donors (Lipinski definition) is 3. The van der Waals surface area contributed by atoms with Gasteiger partial charge in [0.05, 0.1) is 20.5 Å². The Bertz CT molecular complexity index is 1420. The fourth-order valence-corrected chi connectivity index (χ4v) is 7.47. The zero-order chi connectivity index (χ0) is 26.7. The van der Waals surface area contributed by atoms with Crippen LogP contribution in [0.25, 0.3) is 0 Å². The number of carboxylic acids is 1. The number of amidine groups is 1. The van der Waals surface area contributed by atoms with Crippen LogP contribution in [-0.4, -0.2) is 59.5 Å². The molecule has 0 fully saturated rings. The SMILES string of the molecule is CC1(C)C(N)=N[C@](C)(c2nc(NC(=O)c3ccc(C(=O)O)cn3)ccc2F)[C@H]2CC(F)(F)CN=[S@@]21=O. The second kappa shape index (κ2) is 8.25. The number of nitrogens with two attached hydrogens (primary N) is 1. The summed E-state index contributed by atoms with van der Waals surface area (Å²) < 4.78 is 60.6. The van der Waals surface area contributed by atoms with Gasteiger partial charge in [0.15, 0.2) is 0 Å². The van der Waals surface area contributed by atoms with E-state index in [1.807, 2.05) is 0 Å². The third kappa shape index (κ3) is 3.98. The number of aliphatic imine (C=N–C) groups is 1. The molecular formula is C22H23F3N6O4S. The van der Waals surface area contributed by atoms with Crippen molar-refractivity contribution >= 4 is 33.3 Å². The van der Waals surface area contributed by atoms with Crippen molar-refractivity contribution in [1.82, 2.24) is 9.97 Å². The zero-order valence-electron chi connectivity index (χ0n) is 19.5. The summed E-state index contributed by atoms with van der Waals surface area (Å²) in [5, 5.41) is 9.94. The van der Waals surface area contributed by atoms with E-state index < -0.39 is 67.5 Å². The summed E-state index contributed by atoms with van der Waals surface area (Å²) in [5.74, 6) is -6.52. The van der Waals surface area contributed by atoms with E-state index in [0.29, 0.717) is 0 Å². The van der Waals surface area contributed by atoms with Gasteiger partial charge in [-0.1, -0.05) is 0 Å². The molecule has 0 unspecified atom stereocenters. The van der Waals surface area contributed by atoms with Crippen LogP contribution in [0.3, 0.4) is 0 Å². The minimum absolute atomic E-state index is 0.129. The Morgan fingerprint density at radius 1 is 1.19 bits per heavy atom. The molecule has 36 heavy (non-hydrogen) atoms. The molecule has 4 rings (SSSR count). The zero-order valence-corrected chi connectivity index (χ0v) is 20.3. The highest BCUT2D eigenvalue weighted by atomic mass is 32.2. The summed E-state index contributed by atoms with van der Waals surface area (Å²) in [6.45, 7) is 3.36. The van der Waals surface area contributed by atoms with E-state index in [-0.39, 0.29) is 22.9 Å². The molecule has 0 bridgehead atoms. The lowest BCUT2D eigenvalue weighted by Gasteiger charge is -2.48. The summed E-state index contributed by atoms with van der Waals surface area (Å²) in [5.41, 5.74) is 3.53. The molecule has 0 saturated heterocycles. The lowest BCUT2D eigenvalue weighted by molar-refractivity contribution is -0.00686. The molecule has 0 aromatic carbocycles. The first-order chi connectivity index (χ1) is 16.6. The molecule has 4 heterocycles. The van der Waals surface area contributed by atoms with E-state index in [0.717, 1.165) is 18.3 Å². The van der Waals surface area contributed by atoms with Crippen LogP contribution in [0.15, 0.2) is 39.8 Å². The summed E-state index contributed by atoms with van der Waals surface area (Å²) in [7, 11) is -3.46. The largest absolute Gasteiger partial charge is 0.478 e. The topological polar surface area (TPSA) is 160 Å². The fourth-order valence-electron chi connectivity index (χ4n) is 4.27. The Kier molecular flexibility index (Phi) is 5.85. The van der Waals surface area contributed by atoms with Crippen molar-refractivity contribution in [1.29, 1.82) is 0 Å². The quantitative estimate of drug-likeness (QED) is 0.554. The van der Waals surface area contributed by atoms with Gasteiger partial charge in [-0.05, 0) is 45.0 Å². The van der Waals surface area contributed by atoms with Gasteiger partial charge in [-0.25, -0.2) is 31.5 Å². The highest BCUT2D eigenvalue weighted by Gasteiger charge is 2.60. The van der Waals surface area contributed by atoms with E-state index in [4.69, 9.17) is 10.8 Å². The number of aromatic nitrogens is 2. The van der Waals surface area contributed by atoms with Crippen molar-refractivity contribution < 1.29 is 32.1 Å².